The van der Waals surface area contributed by atoms with Crippen molar-refractivity contribution >= 4 is 5.97 Å². The summed E-state index contributed by atoms with van der Waals surface area (Å²) < 4.78 is 74.5. The van der Waals surface area contributed by atoms with Crippen molar-refractivity contribution in [2.75, 3.05) is 13.2 Å². The van der Waals surface area contributed by atoms with Gasteiger partial charge in [0.1, 0.15) is 5.75 Å². The molecular formula is C32H28F4O4. The Bertz CT molecular complexity index is 1470. The molecule has 0 amide bonds. The minimum atomic E-state index is -1.35. The van der Waals surface area contributed by atoms with Crippen molar-refractivity contribution < 1.29 is 36.6 Å². The number of hydrogen-bond acceptors (Lipinski definition) is 4. The molecule has 0 aliphatic rings. The molecule has 208 valence electrons. The third-order valence-corrected chi connectivity index (χ3v) is 6.12. The summed E-state index contributed by atoms with van der Waals surface area (Å²) in [5, 5.41) is 0. The number of hydrogen-bond donors (Lipinski definition) is 0. The topological polar surface area (TPSA) is 44.8 Å². The van der Waals surface area contributed by atoms with Crippen molar-refractivity contribution in [3.05, 3.63) is 102 Å². The highest BCUT2D eigenvalue weighted by atomic mass is 19.2. The van der Waals surface area contributed by atoms with Crippen LogP contribution in [0.1, 0.15) is 43.5 Å². The third kappa shape index (κ3) is 6.45. The van der Waals surface area contributed by atoms with E-state index >= 15 is 8.78 Å². The van der Waals surface area contributed by atoms with E-state index < -0.39 is 35.0 Å². The molecule has 0 saturated heterocycles. The zero-order chi connectivity index (χ0) is 28.6. The van der Waals surface area contributed by atoms with E-state index in [0.717, 1.165) is 18.9 Å². The quantitative estimate of drug-likeness (QED) is 0.0808. The zero-order valence-electron chi connectivity index (χ0n) is 22.1. The average molecular weight is 553 g/mol. The molecule has 0 bridgehead atoms. The van der Waals surface area contributed by atoms with E-state index in [-0.39, 0.29) is 29.0 Å². The fourth-order valence-electron chi connectivity index (χ4n) is 3.92. The van der Waals surface area contributed by atoms with Gasteiger partial charge in [0.2, 0.25) is 11.6 Å². The largest absolute Gasteiger partial charge is 0.494 e. The Morgan fingerprint density at radius 3 is 1.73 bits per heavy atom. The first-order chi connectivity index (χ1) is 19.3. The number of halogens is 4. The molecule has 0 radical (unpaired) electrons. The lowest BCUT2D eigenvalue weighted by Crippen LogP contribution is -2.10. The van der Waals surface area contributed by atoms with Crippen LogP contribution in [0.15, 0.2) is 72.8 Å². The minimum Gasteiger partial charge on any atom is -0.494 e. The second-order valence-corrected chi connectivity index (χ2v) is 9.02. The summed E-state index contributed by atoms with van der Waals surface area (Å²) in [5.74, 6) is -5.82. The Morgan fingerprint density at radius 2 is 1.15 bits per heavy atom. The summed E-state index contributed by atoms with van der Waals surface area (Å²) in [5.41, 5.74) is 0.910. The van der Waals surface area contributed by atoms with Crippen molar-refractivity contribution in [1.29, 1.82) is 0 Å². The SMILES string of the molecule is CCCCOc1ccc(OC(=O)c2ccc(-c3ccc(-c4ccc(OCCC)cc4)c(F)c3F)cc2)c(F)c1F. The van der Waals surface area contributed by atoms with Gasteiger partial charge in [0.05, 0.1) is 18.8 Å². The van der Waals surface area contributed by atoms with Gasteiger partial charge in [0.15, 0.2) is 23.1 Å². The minimum absolute atomic E-state index is 0.00385. The fourth-order valence-corrected chi connectivity index (χ4v) is 3.92. The van der Waals surface area contributed by atoms with Crippen LogP contribution in [-0.4, -0.2) is 19.2 Å². The van der Waals surface area contributed by atoms with Crippen LogP contribution < -0.4 is 14.2 Å². The third-order valence-electron chi connectivity index (χ3n) is 6.12. The van der Waals surface area contributed by atoms with E-state index in [2.05, 4.69) is 0 Å². The van der Waals surface area contributed by atoms with Crippen LogP contribution in [0.3, 0.4) is 0 Å². The van der Waals surface area contributed by atoms with E-state index in [1.54, 1.807) is 24.3 Å². The predicted octanol–water partition coefficient (Wildman–Crippen LogP) is 8.76. The summed E-state index contributed by atoms with van der Waals surface area (Å²) in [4.78, 5) is 12.5. The first kappa shape index (κ1) is 28.7. The highest BCUT2D eigenvalue weighted by molar-refractivity contribution is 5.91. The lowest BCUT2D eigenvalue weighted by molar-refractivity contribution is 0.0726. The molecule has 0 aliphatic carbocycles. The molecule has 8 heteroatoms. The first-order valence-electron chi connectivity index (χ1n) is 13.0. The highest BCUT2D eigenvalue weighted by Crippen LogP contribution is 2.33. The van der Waals surface area contributed by atoms with Crippen LogP contribution in [0.5, 0.6) is 17.2 Å². The van der Waals surface area contributed by atoms with E-state index in [9.17, 15) is 13.6 Å². The molecule has 4 nitrogen and oxygen atoms in total. The summed E-state index contributed by atoms with van der Waals surface area (Å²) in [7, 11) is 0. The lowest BCUT2D eigenvalue weighted by Gasteiger charge is -2.11. The van der Waals surface area contributed by atoms with Gasteiger partial charge in [0.25, 0.3) is 0 Å². The number of carbonyl (C=O) groups is 1. The van der Waals surface area contributed by atoms with Gasteiger partial charge in [0, 0.05) is 11.1 Å². The van der Waals surface area contributed by atoms with Gasteiger partial charge in [-0.25, -0.2) is 13.6 Å². The summed E-state index contributed by atoms with van der Waals surface area (Å²) in [6.45, 7) is 4.71. The van der Waals surface area contributed by atoms with Gasteiger partial charge in [-0.15, -0.1) is 0 Å². The van der Waals surface area contributed by atoms with Gasteiger partial charge in [-0.3, -0.25) is 0 Å². The number of ether oxygens (including phenoxy) is 3. The predicted molar refractivity (Wildman–Crippen MR) is 145 cm³/mol. The number of esters is 1. The van der Waals surface area contributed by atoms with Crippen molar-refractivity contribution in [2.45, 2.75) is 33.1 Å². The maximum Gasteiger partial charge on any atom is 0.343 e. The summed E-state index contributed by atoms with van der Waals surface area (Å²) >= 11 is 0. The van der Waals surface area contributed by atoms with E-state index in [1.165, 1.54) is 42.5 Å². The van der Waals surface area contributed by atoms with Crippen molar-refractivity contribution in [3.8, 4) is 39.5 Å². The van der Waals surface area contributed by atoms with Gasteiger partial charge in [-0.2, -0.15) is 8.78 Å². The number of unbranched alkanes of at least 4 members (excludes halogenated alkanes) is 1. The molecule has 0 aromatic heterocycles. The van der Waals surface area contributed by atoms with Crippen LogP contribution in [0.4, 0.5) is 17.6 Å². The molecule has 0 heterocycles. The van der Waals surface area contributed by atoms with Crippen LogP contribution >= 0.6 is 0 Å². The smallest absolute Gasteiger partial charge is 0.343 e. The maximum atomic E-state index is 15.1. The van der Waals surface area contributed by atoms with E-state index in [1.807, 2.05) is 13.8 Å². The van der Waals surface area contributed by atoms with Crippen LogP contribution in [0.25, 0.3) is 22.3 Å². The second kappa shape index (κ2) is 13.2. The molecule has 40 heavy (non-hydrogen) atoms. The molecule has 0 fully saturated rings. The lowest BCUT2D eigenvalue weighted by atomic mass is 9.98. The van der Waals surface area contributed by atoms with Gasteiger partial charge in [-0.1, -0.05) is 56.7 Å². The Balaban J connectivity index is 1.48. The van der Waals surface area contributed by atoms with Crippen LogP contribution in [0.2, 0.25) is 0 Å². The van der Waals surface area contributed by atoms with E-state index in [0.29, 0.717) is 29.9 Å². The average Bonchev–Trinajstić information content (AvgIpc) is 2.97. The van der Waals surface area contributed by atoms with Gasteiger partial charge < -0.3 is 14.2 Å². The van der Waals surface area contributed by atoms with Crippen LogP contribution in [-0.2, 0) is 0 Å². The molecule has 0 aliphatic heterocycles. The normalized spacial score (nSPS) is 10.8. The highest BCUT2D eigenvalue weighted by Gasteiger charge is 2.20. The van der Waals surface area contributed by atoms with E-state index in [4.69, 9.17) is 14.2 Å². The molecule has 4 rings (SSSR count). The Labute approximate surface area is 230 Å². The van der Waals surface area contributed by atoms with Crippen molar-refractivity contribution in [3.63, 3.8) is 0 Å². The molecule has 4 aromatic rings. The second-order valence-electron chi connectivity index (χ2n) is 9.02. The van der Waals surface area contributed by atoms with Gasteiger partial charge in [-0.05, 0) is 60.4 Å². The number of carbonyl (C=O) groups excluding carboxylic acids is 1. The van der Waals surface area contributed by atoms with Crippen molar-refractivity contribution in [1.82, 2.24) is 0 Å². The monoisotopic (exact) mass is 552 g/mol. The van der Waals surface area contributed by atoms with Crippen LogP contribution in [0, 0.1) is 23.3 Å². The number of benzene rings is 4. The maximum absolute atomic E-state index is 15.1. The Hall–Kier alpha value is -4.33. The molecular weight excluding hydrogens is 524 g/mol. The van der Waals surface area contributed by atoms with Crippen molar-refractivity contribution in [2.24, 2.45) is 0 Å². The summed E-state index contributed by atoms with van der Waals surface area (Å²) in [6, 6.07) is 17.4. The summed E-state index contributed by atoms with van der Waals surface area (Å²) in [6.07, 6.45) is 2.36. The molecule has 4 aromatic carbocycles. The molecule has 0 unspecified atom stereocenters. The Morgan fingerprint density at radius 1 is 0.600 bits per heavy atom. The first-order valence-corrected chi connectivity index (χ1v) is 13.0. The number of rotatable bonds is 11. The molecule has 0 N–H and O–H groups in total. The standard InChI is InChI=1S/C32H28F4O4/c1-3-5-19-39-26-16-17-27(31(36)30(26)35)40-32(37)22-8-6-20(7-9-22)24-14-15-25(29(34)28(24)33)21-10-12-23(13-11-21)38-18-4-2/h6-17H,3-5,18-19H2,1-2H3. The molecule has 0 atom stereocenters. The Kier molecular flexibility index (Phi) is 9.43. The van der Waals surface area contributed by atoms with Gasteiger partial charge >= 0.3 is 5.97 Å². The fraction of sp³-hybridized carbons (Fsp3) is 0.219. The molecule has 0 spiro atoms. The zero-order valence-corrected chi connectivity index (χ0v) is 22.1. The molecule has 0 saturated carbocycles.